The highest BCUT2D eigenvalue weighted by atomic mass is 79.9. The van der Waals surface area contributed by atoms with Gasteiger partial charge in [0.2, 0.25) is 5.91 Å². The molecule has 0 unspecified atom stereocenters. The molecule has 9 heteroatoms. The zero-order chi connectivity index (χ0) is 20.8. The molecule has 1 saturated heterocycles. The number of nitro groups is 1. The molecule has 1 fully saturated rings. The number of hydrogen-bond donors (Lipinski definition) is 1. The highest BCUT2D eigenvalue weighted by molar-refractivity contribution is 9.10. The molecule has 0 aliphatic carbocycles. The van der Waals surface area contributed by atoms with Gasteiger partial charge in [0.25, 0.3) is 11.6 Å². The second-order valence-electron chi connectivity index (χ2n) is 6.59. The van der Waals surface area contributed by atoms with E-state index in [4.69, 9.17) is 0 Å². The van der Waals surface area contributed by atoms with Crippen LogP contribution in [0.25, 0.3) is 0 Å². The van der Waals surface area contributed by atoms with Crippen LogP contribution in [0.5, 0.6) is 0 Å². The van der Waals surface area contributed by atoms with Crippen molar-refractivity contribution in [1.29, 1.82) is 0 Å². The summed E-state index contributed by atoms with van der Waals surface area (Å²) in [6, 6.07) is 12.0. The number of hydrogen-bond acceptors (Lipinski definition) is 5. The molecular formula is C20H20BrN3O4S. The molecule has 0 spiro atoms. The summed E-state index contributed by atoms with van der Waals surface area (Å²) in [6.07, 6.45) is 2.14. The van der Waals surface area contributed by atoms with E-state index in [-0.39, 0.29) is 23.1 Å². The second kappa shape index (κ2) is 9.89. The minimum atomic E-state index is -0.475. The van der Waals surface area contributed by atoms with Crippen molar-refractivity contribution in [2.45, 2.75) is 29.1 Å². The number of rotatable bonds is 8. The normalized spacial score (nSPS) is 13.6. The predicted octanol–water partition coefficient (Wildman–Crippen LogP) is 4.25. The number of nitrogens with zero attached hydrogens (tertiary/aromatic N) is 2. The number of nitrogens with one attached hydrogen (secondary N) is 1. The Kier molecular flexibility index (Phi) is 7.27. The Morgan fingerprint density at radius 1 is 1.24 bits per heavy atom. The third kappa shape index (κ3) is 5.80. The Morgan fingerprint density at radius 3 is 2.66 bits per heavy atom. The first-order valence-electron chi connectivity index (χ1n) is 9.22. The summed E-state index contributed by atoms with van der Waals surface area (Å²) in [5.74, 6) is -0.202. The number of likely N-dealkylation sites (tertiary alicyclic amines) is 1. The molecule has 2 aromatic carbocycles. The van der Waals surface area contributed by atoms with Gasteiger partial charge in [-0.25, -0.2) is 0 Å². The lowest BCUT2D eigenvalue weighted by atomic mass is 10.2. The van der Waals surface area contributed by atoms with E-state index >= 15 is 0 Å². The molecule has 1 aliphatic heterocycles. The Hall–Kier alpha value is -2.39. The Morgan fingerprint density at radius 2 is 2.00 bits per heavy atom. The fraction of sp³-hybridized carbons (Fsp3) is 0.300. The molecule has 1 heterocycles. The molecule has 29 heavy (non-hydrogen) atoms. The van der Waals surface area contributed by atoms with Gasteiger partial charge in [0.05, 0.1) is 9.82 Å². The first kappa shape index (κ1) is 21.3. The quantitative estimate of drug-likeness (QED) is 0.348. The van der Waals surface area contributed by atoms with E-state index in [2.05, 4.69) is 21.2 Å². The molecule has 0 aromatic heterocycles. The van der Waals surface area contributed by atoms with Gasteiger partial charge in [0.1, 0.15) is 0 Å². The predicted molar refractivity (Wildman–Crippen MR) is 114 cm³/mol. The van der Waals surface area contributed by atoms with Crippen LogP contribution in [0, 0.1) is 10.1 Å². The van der Waals surface area contributed by atoms with Crippen LogP contribution >= 0.6 is 27.7 Å². The summed E-state index contributed by atoms with van der Waals surface area (Å²) >= 11 is 4.64. The van der Waals surface area contributed by atoms with Crippen LogP contribution in [0.3, 0.4) is 0 Å². The van der Waals surface area contributed by atoms with E-state index < -0.39 is 4.92 Å². The molecule has 1 N–H and O–H groups in total. The maximum absolute atomic E-state index is 12.4. The zero-order valence-corrected chi connectivity index (χ0v) is 18.0. The van der Waals surface area contributed by atoms with Gasteiger partial charge < -0.3 is 10.2 Å². The first-order valence-corrected chi connectivity index (χ1v) is 10.8. The van der Waals surface area contributed by atoms with Gasteiger partial charge in [-0.1, -0.05) is 27.7 Å². The third-order valence-corrected chi connectivity index (χ3v) is 6.12. The van der Waals surface area contributed by atoms with E-state index in [1.807, 2.05) is 24.3 Å². The lowest BCUT2D eigenvalue weighted by Crippen LogP contribution is -2.30. The molecule has 2 amide bonds. The maximum Gasteiger partial charge on any atom is 0.284 e. The number of nitro benzene ring substituents is 1. The summed E-state index contributed by atoms with van der Waals surface area (Å²) < 4.78 is 0.928. The fourth-order valence-electron chi connectivity index (χ4n) is 3.03. The standard InChI is InChI=1S/C20H20BrN3O4S/c21-15-5-7-16(8-6-15)29-18-9-4-14(13-17(18)24(27)28)20(26)22-10-2-12-23-11-1-3-19(23)25/h4-9,13H,1-3,10-12H2,(H,22,26). The molecule has 0 bridgehead atoms. The lowest BCUT2D eigenvalue weighted by molar-refractivity contribution is -0.387. The molecule has 2 aromatic rings. The topological polar surface area (TPSA) is 92.6 Å². The van der Waals surface area contributed by atoms with Crippen molar-refractivity contribution in [1.82, 2.24) is 10.2 Å². The van der Waals surface area contributed by atoms with Crippen LogP contribution in [0.15, 0.2) is 56.7 Å². The lowest BCUT2D eigenvalue weighted by Gasteiger charge is -2.15. The molecule has 7 nitrogen and oxygen atoms in total. The summed E-state index contributed by atoms with van der Waals surface area (Å²) in [5.41, 5.74) is 0.141. The first-order chi connectivity index (χ1) is 13.9. The Labute approximate surface area is 181 Å². The van der Waals surface area contributed by atoms with Crippen molar-refractivity contribution in [2.24, 2.45) is 0 Å². The average Bonchev–Trinajstić information content (AvgIpc) is 3.11. The van der Waals surface area contributed by atoms with Gasteiger partial charge in [0.15, 0.2) is 0 Å². The van der Waals surface area contributed by atoms with Crippen LogP contribution in [-0.4, -0.2) is 41.3 Å². The number of carbonyl (C=O) groups is 2. The summed E-state index contributed by atoms with van der Waals surface area (Å²) in [5, 5.41) is 14.3. The smallest absolute Gasteiger partial charge is 0.284 e. The third-order valence-electron chi connectivity index (χ3n) is 4.52. The Bertz CT molecular complexity index is 920. The van der Waals surface area contributed by atoms with Crippen molar-refractivity contribution in [3.05, 3.63) is 62.6 Å². The van der Waals surface area contributed by atoms with Gasteiger partial charge in [-0.2, -0.15) is 0 Å². The van der Waals surface area contributed by atoms with E-state index in [9.17, 15) is 19.7 Å². The van der Waals surface area contributed by atoms with E-state index in [0.29, 0.717) is 30.8 Å². The SMILES string of the molecule is O=C(NCCCN1CCCC1=O)c1ccc(Sc2ccc(Br)cc2)c([N+](=O)[O-])c1. The minimum Gasteiger partial charge on any atom is -0.352 e. The number of benzene rings is 2. The minimum absolute atomic E-state index is 0.103. The van der Waals surface area contributed by atoms with Crippen molar-refractivity contribution in [3.8, 4) is 0 Å². The van der Waals surface area contributed by atoms with Gasteiger partial charge in [-0.3, -0.25) is 19.7 Å². The summed E-state index contributed by atoms with van der Waals surface area (Å²) in [6.45, 7) is 1.80. The van der Waals surface area contributed by atoms with Crippen molar-refractivity contribution < 1.29 is 14.5 Å². The second-order valence-corrected chi connectivity index (χ2v) is 8.62. The molecule has 0 atom stereocenters. The molecular weight excluding hydrogens is 458 g/mol. The van der Waals surface area contributed by atoms with Crippen molar-refractivity contribution >= 4 is 45.2 Å². The van der Waals surface area contributed by atoms with Gasteiger partial charge >= 0.3 is 0 Å². The van der Waals surface area contributed by atoms with E-state index in [1.54, 1.807) is 17.0 Å². The largest absolute Gasteiger partial charge is 0.352 e. The van der Waals surface area contributed by atoms with E-state index in [1.165, 1.54) is 17.8 Å². The van der Waals surface area contributed by atoms with Crippen LogP contribution in [0.1, 0.15) is 29.6 Å². The monoisotopic (exact) mass is 477 g/mol. The van der Waals surface area contributed by atoms with E-state index in [0.717, 1.165) is 22.3 Å². The average molecular weight is 478 g/mol. The van der Waals surface area contributed by atoms with Crippen LogP contribution < -0.4 is 5.32 Å². The van der Waals surface area contributed by atoms with Crippen LogP contribution in [-0.2, 0) is 4.79 Å². The van der Waals surface area contributed by atoms with Gasteiger partial charge in [0, 0.05) is 47.1 Å². The Balaban J connectivity index is 1.61. The highest BCUT2D eigenvalue weighted by Crippen LogP contribution is 2.35. The van der Waals surface area contributed by atoms with Crippen LogP contribution in [0.4, 0.5) is 5.69 Å². The molecule has 152 valence electrons. The number of carbonyl (C=O) groups excluding carboxylic acids is 2. The van der Waals surface area contributed by atoms with Gasteiger partial charge in [-0.05, 0) is 49.2 Å². The molecule has 0 radical (unpaired) electrons. The van der Waals surface area contributed by atoms with Gasteiger partial charge in [-0.15, -0.1) is 0 Å². The molecule has 3 rings (SSSR count). The highest BCUT2D eigenvalue weighted by Gasteiger charge is 2.20. The summed E-state index contributed by atoms with van der Waals surface area (Å²) in [4.78, 5) is 38.1. The van der Waals surface area contributed by atoms with Crippen LogP contribution in [0.2, 0.25) is 0 Å². The number of amides is 2. The maximum atomic E-state index is 12.4. The fourth-order valence-corrected chi connectivity index (χ4v) is 4.20. The number of halogens is 1. The molecule has 0 saturated carbocycles. The van der Waals surface area contributed by atoms with Crippen molar-refractivity contribution in [3.63, 3.8) is 0 Å². The van der Waals surface area contributed by atoms with Crippen molar-refractivity contribution in [2.75, 3.05) is 19.6 Å². The zero-order valence-electron chi connectivity index (χ0n) is 15.6. The summed E-state index contributed by atoms with van der Waals surface area (Å²) in [7, 11) is 0. The molecule has 1 aliphatic rings.